The molecule has 1 atom stereocenters. The number of rotatable bonds is 13. The molecule has 0 amide bonds. The van der Waals surface area contributed by atoms with Crippen molar-refractivity contribution < 1.29 is 19.7 Å². The number of hydrogen-bond acceptors (Lipinski definition) is 32. The molecule has 0 unspecified atom stereocenters. The van der Waals surface area contributed by atoms with Gasteiger partial charge in [0.05, 0.1) is 72.0 Å². The van der Waals surface area contributed by atoms with Crippen molar-refractivity contribution in [2.24, 2.45) is 0 Å². The van der Waals surface area contributed by atoms with Crippen molar-refractivity contribution in [3.8, 4) is 69.5 Å². The lowest BCUT2D eigenvalue weighted by Gasteiger charge is -2.16. The predicted molar refractivity (Wildman–Crippen MR) is 522 cm³/mol. The van der Waals surface area contributed by atoms with Crippen LogP contribution in [0.4, 0.5) is 27.7 Å². The number of nitrogens with one attached hydrogen (secondary N) is 1. The quantitative estimate of drug-likeness (QED) is 0.0505. The van der Waals surface area contributed by atoms with Crippen LogP contribution in [-0.2, 0) is 26.2 Å². The highest BCUT2D eigenvalue weighted by molar-refractivity contribution is 5.98. The Labute approximate surface area is 791 Å². The topological polar surface area (TPSA) is 559 Å². The Hall–Kier alpha value is -18.9. The number of benzene rings is 4. The molecule has 12 N–H and O–H groups in total. The van der Waals surface area contributed by atoms with Gasteiger partial charge in [-0.3, -0.25) is 42.5 Å². The predicted octanol–water partition coefficient (Wildman–Crippen LogP) is 8.09. The average molecular weight is 1870 g/mol. The number of fused-ring (bicyclic) bond motifs is 8. The number of pyridine rings is 4. The number of aliphatic hydroxyl groups excluding tert-OH is 2. The van der Waals surface area contributed by atoms with E-state index in [1.807, 2.05) is 120 Å². The summed E-state index contributed by atoms with van der Waals surface area (Å²) in [7, 11) is 0. The van der Waals surface area contributed by atoms with Gasteiger partial charge in [-0.1, -0.05) is 84.5 Å². The standard InChI is InChI=1S/C26H24N8O2.C25H22N8O2.C24H20N10O.C23H17FN8O2/c1-15-7-5-6-8-18(15)34-19(31-23-20(25(34)35)16(2)10-12-28-23)13-33-24-21(22(27)29-14-30-24)17(32-33)9-11-26(3,4)36;1-14-6-4-5-7-18(14)33-19(30-23-20(25(33)35)15(2)10-11-27-23)12-32-24-21(22(26)28-13-29-24)17(31-32)9-8-16(3)34;1-13-5-3-4-6-16(13)34-17(31-22-18(24(34)35)14(2)7-8-26-22)11-33-23-19(21(25)27-12-28-23)20(32-33)15-9-29-30-10-15;1-13-8-9-26-21-18(13)23(34)32(16-7-3-2-5-14(16)24)17(29-21)11-31-22-19(20(25)27-12-28-22)15(30-31)6-4-10-33/h5-8,10,12,14,36H,13H2,1-4H3,(H2,27,29,30);4-7,10-11,13,16,34H,12H2,1-3H3,(H2,26,28,29);3-10,12H,11H2,1-2H3,(H,29,30)(H2,25,27,28);2-3,5,7-9,12,33H,10-11H2,1H3,(H2,25,27,28)/t;16-;;/m.1../s1. The summed E-state index contributed by atoms with van der Waals surface area (Å²) in [6, 6.07) is 35.9. The summed E-state index contributed by atoms with van der Waals surface area (Å²) >= 11 is 0. The Bertz CT molecular complexity index is 9050. The second-order valence-corrected chi connectivity index (χ2v) is 32.8. The van der Waals surface area contributed by atoms with Gasteiger partial charge in [0.15, 0.2) is 45.2 Å². The van der Waals surface area contributed by atoms with Crippen molar-refractivity contribution in [1.29, 1.82) is 0 Å². The minimum Gasteiger partial charge on any atom is -0.384 e. The smallest absolute Gasteiger partial charge is 0.268 e. The SMILES string of the molecule is Cc1ccccc1-n1c(Cn2nc(-c3cn[nH]c3)c3c(N)ncnc32)nc2nccc(C)c2c1=O.Cc1ccccc1-n1c(Cn2nc(C#CC(C)(C)O)c3c(N)ncnc32)nc2nccc(C)c2c1=O.Cc1ccccc1-n1c(Cn2nc(C#C[C@@H](C)O)c3c(N)ncnc32)nc2nccc(C)c2c1=O.Cc1ccnc2nc(Cn3nc(C#CCO)c4c(N)ncnc43)n(-c3ccccc3F)c(=O)c12. The van der Waals surface area contributed by atoms with E-state index in [-0.39, 0.29) is 89.8 Å². The number of aliphatic hydroxyl groups is 3. The van der Waals surface area contributed by atoms with E-state index < -0.39 is 23.1 Å². The molecule has 4 aromatic carbocycles. The number of aromatic amines is 1. The van der Waals surface area contributed by atoms with Crippen LogP contribution in [0.2, 0.25) is 0 Å². The van der Waals surface area contributed by atoms with E-state index in [9.17, 15) is 33.8 Å². The van der Waals surface area contributed by atoms with Gasteiger partial charge in [0, 0.05) is 36.5 Å². The summed E-state index contributed by atoms with van der Waals surface area (Å²) in [5.41, 5.74) is 35.6. The molecule has 41 nitrogen and oxygen atoms in total. The van der Waals surface area contributed by atoms with E-state index in [1.165, 1.54) is 52.8 Å². The molecule has 0 aliphatic carbocycles. The number of nitrogens with two attached hydrogens (primary N) is 4. The van der Waals surface area contributed by atoms with E-state index in [1.54, 1.807) is 117 Å². The van der Waals surface area contributed by atoms with Crippen LogP contribution in [0.25, 0.3) is 122 Å². The van der Waals surface area contributed by atoms with Crippen LogP contribution in [0, 0.1) is 89.8 Å². The van der Waals surface area contributed by atoms with E-state index >= 15 is 0 Å². The molecule has 0 aliphatic rings. The number of anilines is 4. The number of aromatic nitrogens is 30. The first kappa shape index (κ1) is 91.6. The maximum Gasteiger partial charge on any atom is 0.268 e. The molecule has 0 saturated carbocycles. The summed E-state index contributed by atoms with van der Waals surface area (Å²) in [5.74, 6) is 18.2. The van der Waals surface area contributed by atoms with Gasteiger partial charge in [0.2, 0.25) is 0 Å². The zero-order chi connectivity index (χ0) is 98.2. The highest BCUT2D eigenvalue weighted by atomic mass is 19.1. The molecule has 0 fully saturated rings. The molecular weight excluding hydrogens is 1780 g/mol. The van der Waals surface area contributed by atoms with E-state index in [0.29, 0.717) is 140 Å². The van der Waals surface area contributed by atoms with Crippen LogP contribution in [-0.4, -0.2) is 181 Å². The van der Waals surface area contributed by atoms with Gasteiger partial charge in [0.25, 0.3) is 22.2 Å². The number of nitrogens with zero attached hydrogens (tertiary/aromatic N) is 29. The average Bonchev–Trinajstić information content (AvgIpc) is 1.40. The third-order valence-electron chi connectivity index (χ3n) is 22.7. The van der Waals surface area contributed by atoms with Crippen molar-refractivity contribution in [2.75, 3.05) is 29.5 Å². The molecular formula is C98H83FN34O7. The van der Waals surface area contributed by atoms with Gasteiger partial charge in [-0.05, 0) is 181 Å². The zero-order valence-corrected chi connectivity index (χ0v) is 76.6. The number of para-hydroxylation sites is 4. The number of nitrogen functional groups attached to an aromatic ring is 4. The van der Waals surface area contributed by atoms with Crippen molar-refractivity contribution in [2.45, 2.75) is 107 Å². The molecule has 140 heavy (non-hydrogen) atoms. The molecule has 0 spiro atoms. The fraction of sp³-hybridized carbons (Fsp3) is 0.173. The van der Waals surface area contributed by atoms with Crippen LogP contribution in [0.1, 0.15) is 100 Å². The Morgan fingerprint density at radius 2 is 0.721 bits per heavy atom. The number of halogens is 1. The number of hydrogen-bond donors (Lipinski definition) is 8. The monoisotopic (exact) mass is 1870 g/mol. The Morgan fingerprint density at radius 1 is 0.400 bits per heavy atom. The number of H-pyrrole nitrogens is 1. The second-order valence-electron chi connectivity index (χ2n) is 32.8. The third kappa shape index (κ3) is 17.6. The summed E-state index contributed by atoms with van der Waals surface area (Å²) in [6.07, 6.45) is 14.4. The molecule has 0 bridgehead atoms. The first-order valence-corrected chi connectivity index (χ1v) is 43.3. The first-order chi connectivity index (χ1) is 67.5. The lowest BCUT2D eigenvalue weighted by molar-refractivity contribution is 0.143. The molecule has 42 heteroatoms. The molecule has 694 valence electrons. The van der Waals surface area contributed by atoms with Gasteiger partial charge in [-0.25, -0.2) is 103 Å². The molecule has 0 saturated heterocycles. The highest BCUT2D eigenvalue weighted by Gasteiger charge is 2.29. The summed E-state index contributed by atoms with van der Waals surface area (Å²) in [6.45, 7) is 17.8. The molecule has 17 aromatic heterocycles. The fourth-order valence-electron chi connectivity index (χ4n) is 16.1. The minimum absolute atomic E-state index is 0.0473. The molecule has 0 aliphatic heterocycles. The fourth-order valence-corrected chi connectivity index (χ4v) is 16.1. The van der Waals surface area contributed by atoms with Crippen LogP contribution < -0.4 is 45.2 Å². The van der Waals surface area contributed by atoms with Gasteiger partial charge in [-0.2, -0.15) is 25.5 Å². The van der Waals surface area contributed by atoms with Gasteiger partial charge in [-0.15, -0.1) is 0 Å². The molecule has 21 aromatic rings. The Balaban J connectivity index is 0.000000124. The maximum atomic E-state index is 14.8. The summed E-state index contributed by atoms with van der Waals surface area (Å²) in [4.78, 5) is 125. The van der Waals surface area contributed by atoms with Crippen LogP contribution in [0.5, 0.6) is 0 Å². The first-order valence-electron chi connectivity index (χ1n) is 43.3. The second kappa shape index (κ2) is 37.9. The van der Waals surface area contributed by atoms with Gasteiger partial charge in [0.1, 0.15) is 145 Å². The normalized spacial score (nSPS) is 11.5. The van der Waals surface area contributed by atoms with Crippen LogP contribution >= 0.6 is 0 Å². The van der Waals surface area contributed by atoms with Crippen molar-refractivity contribution in [1.82, 2.24) is 147 Å². The van der Waals surface area contributed by atoms with E-state index in [2.05, 4.69) is 126 Å². The van der Waals surface area contributed by atoms with Crippen molar-refractivity contribution >= 4 is 112 Å². The van der Waals surface area contributed by atoms with E-state index in [4.69, 9.17) is 48.1 Å². The summed E-state index contributed by atoms with van der Waals surface area (Å²) in [5, 5.41) is 57.6. The van der Waals surface area contributed by atoms with Crippen molar-refractivity contribution in [3.63, 3.8) is 0 Å². The third-order valence-corrected chi connectivity index (χ3v) is 22.7. The zero-order valence-electron chi connectivity index (χ0n) is 76.6. The lowest BCUT2D eigenvalue weighted by Crippen LogP contribution is -2.27. The molecule has 17 heterocycles. The van der Waals surface area contributed by atoms with Crippen LogP contribution in [0.3, 0.4) is 0 Å². The Kier molecular flexibility index (Phi) is 24.8. The summed E-state index contributed by atoms with van der Waals surface area (Å²) < 4.78 is 27.1. The van der Waals surface area contributed by atoms with E-state index in [0.717, 1.165) is 44.6 Å². The molecule has 0 radical (unpaired) electrons. The van der Waals surface area contributed by atoms with Gasteiger partial charge >= 0.3 is 0 Å². The van der Waals surface area contributed by atoms with Crippen LogP contribution in [0.15, 0.2) is 203 Å². The maximum absolute atomic E-state index is 14.8. The molecule has 21 rings (SSSR count). The lowest BCUT2D eigenvalue weighted by atomic mass is 10.1. The van der Waals surface area contributed by atoms with Gasteiger partial charge < -0.3 is 38.3 Å². The largest absolute Gasteiger partial charge is 0.384 e. The van der Waals surface area contributed by atoms with Crippen molar-refractivity contribution in [3.05, 3.63) is 310 Å². The highest BCUT2D eigenvalue weighted by Crippen LogP contribution is 2.33. The Morgan fingerprint density at radius 3 is 1.06 bits per heavy atom. The minimum atomic E-state index is -1.23. The number of aryl methyl sites for hydroxylation is 7.